The Hall–Kier alpha value is -0.840. The van der Waals surface area contributed by atoms with Crippen molar-refractivity contribution in [3.05, 3.63) is 63.9 Å². The molecule has 1 nitrogen and oxygen atoms in total. The molecule has 1 aliphatic rings. The molecule has 0 aliphatic carbocycles. The van der Waals surface area contributed by atoms with Gasteiger partial charge in [-0.1, -0.05) is 34.1 Å². The molecule has 0 amide bonds. The Morgan fingerprint density at radius 1 is 1.30 bits per heavy atom. The van der Waals surface area contributed by atoms with Crippen molar-refractivity contribution < 1.29 is 9.50 Å². The van der Waals surface area contributed by atoms with Crippen molar-refractivity contribution in [3.63, 3.8) is 0 Å². The van der Waals surface area contributed by atoms with Gasteiger partial charge >= 0.3 is 0 Å². The average molecular weight is 353 g/mol. The second kappa shape index (κ2) is 5.88. The van der Waals surface area contributed by atoms with Gasteiger partial charge in [0.1, 0.15) is 5.82 Å². The summed E-state index contributed by atoms with van der Waals surface area (Å²) >= 11 is 5.10. The van der Waals surface area contributed by atoms with Crippen LogP contribution in [0.3, 0.4) is 0 Å². The zero-order chi connectivity index (χ0) is 14.1. The number of benzene rings is 2. The van der Waals surface area contributed by atoms with E-state index in [1.54, 1.807) is 23.9 Å². The molecule has 104 valence electrons. The minimum Gasteiger partial charge on any atom is -0.392 e. The predicted molar refractivity (Wildman–Crippen MR) is 83.7 cm³/mol. The van der Waals surface area contributed by atoms with Crippen molar-refractivity contribution in [1.82, 2.24) is 0 Å². The maximum Gasteiger partial charge on any atom is 0.126 e. The van der Waals surface area contributed by atoms with Crippen molar-refractivity contribution in [1.29, 1.82) is 0 Å². The summed E-state index contributed by atoms with van der Waals surface area (Å²) in [4.78, 5) is 1.23. The Morgan fingerprint density at radius 2 is 2.10 bits per heavy atom. The number of aliphatic hydroxyl groups is 1. The standard InChI is InChI=1S/C16H14BrFOS/c17-11-5-6-14(18)10(7-11)8-15(19)13-9-20-16-4-2-1-3-12(13)16/h1-7,13,15,19H,8-9H2. The van der Waals surface area contributed by atoms with E-state index < -0.39 is 6.10 Å². The van der Waals surface area contributed by atoms with E-state index in [-0.39, 0.29) is 11.7 Å². The third kappa shape index (κ3) is 2.78. The number of aliphatic hydroxyl groups excluding tert-OH is 1. The number of hydrogen-bond donors (Lipinski definition) is 1. The van der Waals surface area contributed by atoms with Crippen molar-refractivity contribution in [2.75, 3.05) is 5.75 Å². The fourth-order valence-corrected chi connectivity index (χ4v) is 4.30. The average Bonchev–Trinajstić information content (AvgIpc) is 2.87. The number of hydrogen-bond acceptors (Lipinski definition) is 2. The second-order valence-electron chi connectivity index (χ2n) is 4.96. The Bertz CT molecular complexity index is 632. The first-order valence-electron chi connectivity index (χ1n) is 6.49. The smallest absolute Gasteiger partial charge is 0.126 e. The normalized spacial score (nSPS) is 18.9. The van der Waals surface area contributed by atoms with Crippen molar-refractivity contribution in [3.8, 4) is 0 Å². The highest BCUT2D eigenvalue weighted by molar-refractivity contribution is 9.10. The maximum atomic E-state index is 13.8. The van der Waals surface area contributed by atoms with Gasteiger partial charge in [0.25, 0.3) is 0 Å². The maximum absolute atomic E-state index is 13.8. The molecule has 0 radical (unpaired) electrons. The van der Waals surface area contributed by atoms with Gasteiger partial charge in [-0.3, -0.25) is 0 Å². The summed E-state index contributed by atoms with van der Waals surface area (Å²) in [7, 11) is 0. The van der Waals surface area contributed by atoms with Crippen molar-refractivity contribution >= 4 is 27.7 Å². The molecular formula is C16H14BrFOS. The Balaban J connectivity index is 1.81. The highest BCUT2D eigenvalue weighted by atomic mass is 79.9. The number of halogens is 2. The van der Waals surface area contributed by atoms with E-state index in [0.717, 1.165) is 10.2 Å². The van der Waals surface area contributed by atoms with Gasteiger partial charge in [-0.05, 0) is 35.4 Å². The molecule has 0 aromatic heterocycles. The van der Waals surface area contributed by atoms with Crippen molar-refractivity contribution in [2.24, 2.45) is 0 Å². The molecule has 4 heteroatoms. The van der Waals surface area contributed by atoms with Crippen LogP contribution in [-0.2, 0) is 6.42 Å². The topological polar surface area (TPSA) is 20.2 Å². The molecule has 0 bridgehead atoms. The van der Waals surface area contributed by atoms with Gasteiger partial charge in [0.2, 0.25) is 0 Å². The van der Waals surface area contributed by atoms with Crippen LogP contribution in [0.4, 0.5) is 4.39 Å². The van der Waals surface area contributed by atoms with E-state index in [1.807, 2.05) is 12.1 Å². The summed E-state index contributed by atoms with van der Waals surface area (Å²) in [5.74, 6) is 0.677. The first-order chi connectivity index (χ1) is 9.65. The molecule has 1 aliphatic heterocycles. The summed E-state index contributed by atoms with van der Waals surface area (Å²) in [6.07, 6.45) is -0.222. The largest absolute Gasteiger partial charge is 0.392 e. The molecule has 2 unspecified atom stereocenters. The Labute approximate surface area is 130 Å². The number of rotatable bonds is 3. The lowest BCUT2D eigenvalue weighted by Crippen LogP contribution is -2.21. The van der Waals surface area contributed by atoms with Crippen LogP contribution in [0.2, 0.25) is 0 Å². The summed E-state index contributed by atoms with van der Waals surface area (Å²) in [5.41, 5.74) is 1.74. The first kappa shape index (κ1) is 14.1. The van der Waals surface area contributed by atoms with Gasteiger partial charge in [0.15, 0.2) is 0 Å². The van der Waals surface area contributed by atoms with E-state index in [0.29, 0.717) is 12.0 Å². The molecule has 0 spiro atoms. The highest BCUT2D eigenvalue weighted by Gasteiger charge is 2.29. The zero-order valence-electron chi connectivity index (χ0n) is 10.7. The molecule has 3 rings (SSSR count). The molecule has 0 saturated heterocycles. The monoisotopic (exact) mass is 352 g/mol. The minimum absolute atomic E-state index is 0.0783. The Morgan fingerprint density at radius 3 is 2.95 bits per heavy atom. The van der Waals surface area contributed by atoms with Crippen molar-refractivity contribution in [2.45, 2.75) is 23.3 Å². The van der Waals surface area contributed by atoms with Crippen LogP contribution in [0, 0.1) is 5.82 Å². The van der Waals surface area contributed by atoms with Gasteiger partial charge < -0.3 is 5.11 Å². The summed E-state index contributed by atoms with van der Waals surface area (Å²) in [6, 6.07) is 13.0. The SMILES string of the molecule is OC(Cc1cc(Br)ccc1F)C1CSc2ccccc21. The molecule has 0 fully saturated rings. The van der Waals surface area contributed by atoms with Gasteiger partial charge in [-0.25, -0.2) is 4.39 Å². The third-order valence-electron chi connectivity index (χ3n) is 3.64. The highest BCUT2D eigenvalue weighted by Crippen LogP contribution is 2.41. The van der Waals surface area contributed by atoms with Crippen LogP contribution < -0.4 is 0 Å². The van der Waals surface area contributed by atoms with E-state index in [1.165, 1.54) is 16.5 Å². The quantitative estimate of drug-likeness (QED) is 0.884. The van der Waals surface area contributed by atoms with Gasteiger partial charge in [-0.2, -0.15) is 0 Å². The lowest BCUT2D eigenvalue weighted by Gasteiger charge is -2.19. The van der Waals surface area contributed by atoms with Crippen LogP contribution in [0.25, 0.3) is 0 Å². The molecule has 2 aromatic rings. The van der Waals surface area contributed by atoms with E-state index >= 15 is 0 Å². The van der Waals surface area contributed by atoms with Gasteiger partial charge in [0.05, 0.1) is 6.10 Å². The molecule has 1 heterocycles. The molecule has 2 atom stereocenters. The van der Waals surface area contributed by atoms with E-state index in [4.69, 9.17) is 0 Å². The molecular weight excluding hydrogens is 339 g/mol. The lowest BCUT2D eigenvalue weighted by molar-refractivity contribution is 0.150. The lowest BCUT2D eigenvalue weighted by atomic mass is 9.91. The van der Waals surface area contributed by atoms with Gasteiger partial charge in [0, 0.05) is 27.5 Å². The van der Waals surface area contributed by atoms with E-state index in [2.05, 4.69) is 28.1 Å². The summed E-state index contributed by atoms with van der Waals surface area (Å²) in [6.45, 7) is 0. The minimum atomic E-state index is -0.560. The van der Waals surface area contributed by atoms with Crippen LogP contribution in [0.5, 0.6) is 0 Å². The summed E-state index contributed by atoms with van der Waals surface area (Å²) in [5, 5.41) is 10.5. The fourth-order valence-electron chi connectivity index (χ4n) is 2.57. The molecule has 2 aromatic carbocycles. The van der Waals surface area contributed by atoms with Crippen LogP contribution >= 0.6 is 27.7 Å². The molecule has 0 saturated carbocycles. The predicted octanol–water partition coefficient (Wildman–Crippen LogP) is 4.38. The number of thioether (sulfide) groups is 1. The van der Waals surface area contributed by atoms with E-state index in [9.17, 15) is 9.50 Å². The second-order valence-corrected chi connectivity index (χ2v) is 6.94. The van der Waals surface area contributed by atoms with Crippen LogP contribution in [0.1, 0.15) is 17.0 Å². The van der Waals surface area contributed by atoms with Crippen LogP contribution in [0.15, 0.2) is 51.8 Å². The molecule has 1 N–H and O–H groups in total. The van der Waals surface area contributed by atoms with Gasteiger partial charge in [-0.15, -0.1) is 11.8 Å². The number of fused-ring (bicyclic) bond motifs is 1. The first-order valence-corrected chi connectivity index (χ1v) is 8.27. The zero-order valence-corrected chi connectivity index (χ0v) is 13.1. The van der Waals surface area contributed by atoms with Crippen LogP contribution in [-0.4, -0.2) is 17.0 Å². The molecule has 20 heavy (non-hydrogen) atoms. The third-order valence-corrected chi connectivity index (χ3v) is 5.34. The fraction of sp³-hybridized carbons (Fsp3) is 0.250. The summed E-state index contributed by atoms with van der Waals surface area (Å²) < 4.78 is 14.6. The Kier molecular flexibility index (Phi) is 4.15.